The van der Waals surface area contributed by atoms with Crippen molar-refractivity contribution >= 4 is 17.5 Å². The minimum atomic E-state index is 0.00113. The van der Waals surface area contributed by atoms with Crippen molar-refractivity contribution in [2.75, 3.05) is 39.9 Å². The van der Waals surface area contributed by atoms with E-state index in [1.165, 1.54) is 5.56 Å². The summed E-state index contributed by atoms with van der Waals surface area (Å²) in [6.07, 6.45) is 0.952. The molecule has 1 fully saturated rings. The van der Waals surface area contributed by atoms with Gasteiger partial charge in [-0.15, -0.1) is 0 Å². The quantitative estimate of drug-likeness (QED) is 0.760. The maximum atomic E-state index is 12.5. The molecule has 27 heavy (non-hydrogen) atoms. The molecule has 2 aromatic rings. The van der Waals surface area contributed by atoms with Gasteiger partial charge in [0.1, 0.15) is 11.5 Å². The van der Waals surface area contributed by atoms with Gasteiger partial charge in [-0.1, -0.05) is 35.9 Å². The number of rotatable bonds is 6. The lowest BCUT2D eigenvalue weighted by atomic mass is 10.2. The number of carbonyl (C=O) groups is 1. The zero-order chi connectivity index (χ0) is 19.1. The Morgan fingerprint density at radius 3 is 2.56 bits per heavy atom. The maximum Gasteiger partial charge on any atom is 0.260 e. The van der Waals surface area contributed by atoms with Crippen molar-refractivity contribution < 1.29 is 14.3 Å². The highest BCUT2D eigenvalue weighted by atomic mass is 35.5. The summed E-state index contributed by atoms with van der Waals surface area (Å²) in [7, 11) is 1.67. The van der Waals surface area contributed by atoms with E-state index in [1.54, 1.807) is 19.2 Å². The minimum absolute atomic E-state index is 0.00113. The summed E-state index contributed by atoms with van der Waals surface area (Å²) in [6, 6.07) is 15.3. The van der Waals surface area contributed by atoms with Gasteiger partial charge in [0.25, 0.3) is 5.91 Å². The average molecular weight is 389 g/mol. The summed E-state index contributed by atoms with van der Waals surface area (Å²) in [5.41, 5.74) is 1.25. The molecule has 144 valence electrons. The van der Waals surface area contributed by atoms with Crippen LogP contribution in [-0.4, -0.2) is 55.6 Å². The molecule has 0 aromatic heterocycles. The topological polar surface area (TPSA) is 42.0 Å². The number of ether oxygens (including phenoxy) is 2. The number of hydrogen-bond acceptors (Lipinski definition) is 4. The number of methoxy groups -OCH3 is 1. The van der Waals surface area contributed by atoms with Crippen LogP contribution < -0.4 is 9.47 Å². The monoisotopic (exact) mass is 388 g/mol. The Balaban J connectivity index is 1.48. The van der Waals surface area contributed by atoms with Crippen LogP contribution in [0.4, 0.5) is 0 Å². The van der Waals surface area contributed by atoms with Gasteiger partial charge in [-0.25, -0.2) is 0 Å². The fraction of sp³-hybridized carbons (Fsp3) is 0.381. The van der Waals surface area contributed by atoms with Crippen LogP contribution in [0.1, 0.15) is 12.0 Å². The first kappa shape index (κ1) is 19.5. The van der Waals surface area contributed by atoms with Gasteiger partial charge in [0.05, 0.1) is 12.1 Å². The molecule has 1 aliphatic rings. The molecular weight excluding hydrogens is 364 g/mol. The van der Waals surface area contributed by atoms with Crippen LogP contribution >= 0.6 is 11.6 Å². The summed E-state index contributed by atoms with van der Waals surface area (Å²) >= 11 is 6.07. The lowest BCUT2D eigenvalue weighted by Crippen LogP contribution is -2.38. The van der Waals surface area contributed by atoms with Crippen LogP contribution in [0, 0.1) is 0 Å². The molecule has 3 rings (SSSR count). The van der Waals surface area contributed by atoms with Crippen molar-refractivity contribution in [1.29, 1.82) is 0 Å². The van der Waals surface area contributed by atoms with E-state index in [0.29, 0.717) is 17.3 Å². The first-order valence-corrected chi connectivity index (χ1v) is 9.54. The number of carbonyl (C=O) groups excluding carboxylic acids is 1. The lowest BCUT2D eigenvalue weighted by molar-refractivity contribution is -0.133. The summed E-state index contributed by atoms with van der Waals surface area (Å²) in [4.78, 5) is 16.8. The van der Waals surface area contributed by atoms with E-state index >= 15 is 0 Å². The predicted octanol–water partition coefficient (Wildman–Crippen LogP) is 3.46. The Bertz CT molecular complexity index is 751. The molecule has 0 aliphatic carbocycles. The third-order valence-electron chi connectivity index (χ3n) is 4.69. The van der Waals surface area contributed by atoms with Crippen molar-refractivity contribution in [3.05, 3.63) is 59.1 Å². The highest BCUT2D eigenvalue weighted by molar-refractivity contribution is 6.32. The Hall–Kier alpha value is -2.24. The van der Waals surface area contributed by atoms with Crippen LogP contribution in [0.25, 0.3) is 0 Å². The molecule has 0 saturated carbocycles. The van der Waals surface area contributed by atoms with Crippen molar-refractivity contribution in [3.8, 4) is 11.5 Å². The Labute approximate surface area is 165 Å². The van der Waals surface area contributed by atoms with E-state index in [9.17, 15) is 4.79 Å². The molecule has 1 aliphatic heterocycles. The lowest BCUT2D eigenvalue weighted by Gasteiger charge is -2.22. The van der Waals surface area contributed by atoms with Gasteiger partial charge in [-0.2, -0.15) is 0 Å². The van der Waals surface area contributed by atoms with E-state index in [0.717, 1.165) is 38.3 Å². The standard InChI is InChI=1S/C21H25ClN2O3/c1-26-18-9-7-17(8-10-18)15-23-11-4-12-24(14-13-23)21(25)16-27-20-6-3-2-5-19(20)22/h2-3,5-10H,4,11-16H2,1H3. The number of halogens is 1. The SMILES string of the molecule is COc1ccc(CN2CCCN(C(=O)COc3ccccc3Cl)CC2)cc1. The number of hydrogen-bond donors (Lipinski definition) is 0. The Kier molecular flexibility index (Phi) is 6.96. The van der Waals surface area contributed by atoms with Gasteiger partial charge in [-0.05, 0) is 36.2 Å². The Morgan fingerprint density at radius 2 is 1.81 bits per heavy atom. The largest absolute Gasteiger partial charge is 0.497 e. The molecule has 1 amide bonds. The van der Waals surface area contributed by atoms with E-state index in [2.05, 4.69) is 17.0 Å². The first-order chi connectivity index (χ1) is 13.2. The van der Waals surface area contributed by atoms with Gasteiger partial charge in [0.2, 0.25) is 0 Å². The van der Waals surface area contributed by atoms with Gasteiger partial charge in [0, 0.05) is 32.7 Å². The summed E-state index contributed by atoms with van der Waals surface area (Å²) < 4.78 is 10.8. The third-order valence-corrected chi connectivity index (χ3v) is 5.01. The second-order valence-corrected chi connectivity index (χ2v) is 6.98. The summed E-state index contributed by atoms with van der Waals surface area (Å²) in [5.74, 6) is 1.41. The van der Waals surface area contributed by atoms with Crippen molar-refractivity contribution in [1.82, 2.24) is 9.80 Å². The maximum absolute atomic E-state index is 12.5. The van der Waals surface area contributed by atoms with Crippen molar-refractivity contribution in [2.45, 2.75) is 13.0 Å². The molecule has 1 saturated heterocycles. The predicted molar refractivity (Wildman–Crippen MR) is 106 cm³/mol. The second-order valence-electron chi connectivity index (χ2n) is 6.58. The van der Waals surface area contributed by atoms with E-state index in [4.69, 9.17) is 21.1 Å². The normalized spacial score (nSPS) is 15.3. The Morgan fingerprint density at radius 1 is 1.04 bits per heavy atom. The molecule has 1 heterocycles. The zero-order valence-corrected chi connectivity index (χ0v) is 16.3. The van der Waals surface area contributed by atoms with Gasteiger partial charge in [0.15, 0.2) is 6.61 Å². The van der Waals surface area contributed by atoms with Crippen LogP contribution in [0.2, 0.25) is 5.02 Å². The number of amides is 1. The van der Waals surface area contributed by atoms with Crippen LogP contribution in [0.5, 0.6) is 11.5 Å². The smallest absolute Gasteiger partial charge is 0.260 e. The van der Waals surface area contributed by atoms with Crippen molar-refractivity contribution in [3.63, 3.8) is 0 Å². The summed E-state index contributed by atoms with van der Waals surface area (Å²) in [5, 5.41) is 0.520. The molecule has 0 unspecified atom stereocenters. The number of para-hydroxylation sites is 1. The molecule has 0 spiro atoms. The molecule has 6 heteroatoms. The third kappa shape index (κ3) is 5.62. The van der Waals surface area contributed by atoms with Crippen LogP contribution in [0.3, 0.4) is 0 Å². The second kappa shape index (κ2) is 9.62. The molecule has 0 N–H and O–H groups in total. The fourth-order valence-electron chi connectivity index (χ4n) is 3.16. The first-order valence-electron chi connectivity index (χ1n) is 9.16. The van der Waals surface area contributed by atoms with Gasteiger partial charge < -0.3 is 14.4 Å². The molecule has 0 radical (unpaired) electrons. The highest BCUT2D eigenvalue weighted by Crippen LogP contribution is 2.23. The molecule has 0 atom stereocenters. The average Bonchev–Trinajstić information content (AvgIpc) is 2.93. The minimum Gasteiger partial charge on any atom is -0.497 e. The van der Waals surface area contributed by atoms with Crippen LogP contribution in [0.15, 0.2) is 48.5 Å². The van der Waals surface area contributed by atoms with Gasteiger partial charge >= 0.3 is 0 Å². The molecular formula is C21H25ClN2O3. The highest BCUT2D eigenvalue weighted by Gasteiger charge is 2.20. The molecule has 5 nitrogen and oxygen atoms in total. The molecule has 0 bridgehead atoms. The van der Waals surface area contributed by atoms with Gasteiger partial charge in [-0.3, -0.25) is 9.69 Å². The zero-order valence-electron chi connectivity index (χ0n) is 15.6. The van der Waals surface area contributed by atoms with Crippen LogP contribution in [-0.2, 0) is 11.3 Å². The van der Waals surface area contributed by atoms with E-state index < -0.39 is 0 Å². The fourth-order valence-corrected chi connectivity index (χ4v) is 3.35. The van der Waals surface area contributed by atoms with E-state index in [-0.39, 0.29) is 12.5 Å². The number of benzene rings is 2. The molecule has 2 aromatic carbocycles. The summed E-state index contributed by atoms with van der Waals surface area (Å²) in [6.45, 7) is 4.18. The number of nitrogens with zero attached hydrogens (tertiary/aromatic N) is 2. The van der Waals surface area contributed by atoms with E-state index in [1.807, 2.05) is 29.2 Å². The van der Waals surface area contributed by atoms with Crippen molar-refractivity contribution in [2.24, 2.45) is 0 Å².